The summed E-state index contributed by atoms with van der Waals surface area (Å²) < 4.78 is 24.6. The molecule has 0 unspecified atom stereocenters. The molecule has 0 bridgehead atoms. The zero-order chi connectivity index (χ0) is 15.6. The number of nitrogens with zero attached hydrogens (tertiary/aromatic N) is 4. The van der Waals surface area contributed by atoms with Crippen molar-refractivity contribution in [1.82, 2.24) is 19.9 Å². The van der Waals surface area contributed by atoms with E-state index in [2.05, 4.69) is 24.8 Å². The van der Waals surface area contributed by atoms with Crippen LogP contribution in [0.15, 0.2) is 36.7 Å². The molecule has 3 rings (SSSR count). The summed E-state index contributed by atoms with van der Waals surface area (Å²) in [4.78, 5) is 6.06. The highest BCUT2D eigenvalue weighted by Gasteiger charge is 2.28. The van der Waals surface area contributed by atoms with Gasteiger partial charge in [0.05, 0.1) is 11.9 Å². The number of anilines is 1. The highest BCUT2D eigenvalue weighted by Crippen LogP contribution is 2.23. The molecule has 0 radical (unpaired) electrons. The highest BCUT2D eigenvalue weighted by atomic mass is 32.2. The summed E-state index contributed by atoms with van der Waals surface area (Å²) in [6, 6.07) is 7.64. The van der Waals surface area contributed by atoms with Crippen molar-refractivity contribution in [2.75, 3.05) is 30.8 Å². The third kappa shape index (κ3) is 3.58. The maximum absolute atomic E-state index is 11.0. The number of hydrogen-bond donors (Lipinski definition) is 1. The standard InChI is InChI=1S/C14H17N5O2S/c1-22(20,21)16-8-11-9-19(10-11)14-3-2-13(17-18-14)12-4-6-15-7-5-12/h2-7,11,16H,8-10H2,1H3. The van der Waals surface area contributed by atoms with Crippen LogP contribution >= 0.6 is 0 Å². The van der Waals surface area contributed by atoms with Gasteiger partial charge in [0.25, 0.3) is 0 Å². The van der Waals surface area contributed by atoms with E-state index in [0.717, 1.165) is 30.2 Å². The molecule has 0 amide bonds. The summed E-state index contributed by atoms with van der Waals surface area (Å²) in [5.41, 5.74) is 1.79. The van der Waals surface area contributed by atoms with Gasteiger partial charge in [0, 0.05) is 43.5 Å². The maximum Gasteiger partial charge on any atom is 0.208 e. The predicted octanol–water partition coefficient (Wildman–Crippen LogP) is 0.524. The molecule has 1 N–H and O–H groups in total. The fourth-order valence-corrected chi connectivity index (χ4v) is 2.86. The first-order valence-electron chi connectivity index (χ1n) is 6.95. The fraction of sp³-hybridized carbons (Fsp3) is 0.357. The van der Waals surface area contributed by atoms with Crippen molar-refractivity contribution in [2.24, 2.45) is 5.92 Å². The molecule has 2 aromatic heterocycles. The van der Waals surface area contributed by atoms with Crippen molar-refractivity contribution in [2.45, 2.75) is 0 Å². The third-order valence-electron chi connectivity index (χ3n) is 3.54. The lowest BCUT2D eigenvalue weighted by atomic mass is 10.0. The van der Waals surface area contributed by atoms with Gasteiger partial charge in [0.15, 0.2) is 5.82 Å². The summed E-state index contributed by atoms with van der Waals surface area (Å²) in [6.45, 7) is 2.04. The number of hydrogen-bond acceptors (Lipinski definition) is 6. The second-order valence-corrected chi connectivity index (χ2v) is 7.24. The molecule has 8 heteroatoms. The van der Waals surface area contributed by atoms with E-state index >= 15 is 0 Å². The van der Waals surface area contributed by atoms with Gasteiger partial charge in [-0.1, -0.05) is 0 Å². The molecule has 1 fully saturated rings. The van der Waals surface area contributed by atoms with Gasteiger partial charge in [0.2, 0.25) is 10.0 Å². The number of nitrogens with one attached hydrogen (secondary N) is 1. The van der Waals surface area contributed by atoms with E-state index in [4.69, 9.17) is 0 Å². The average Bonchev–Trinajstić information content (AvgIpc) is 2.46. The van der Waals surface area contributed by atoms with Gasteiger partial charge in [-0.15, -0.1) is 10.2 Å². The molecule has 1 saturated heterocycles. The van der Waals surface area contributed by atoms with Crippen LogP contribution in [0.5, 0.6) is 0 Å². The summed E-state index contributed by atoms with van der Waals surface area (Å²) in [5, 5.41) is 8.47. The molecule has 116 valence electrons. The fourth-order valence-electron chi connectivity index (χ4n) is 2.33. The van der Waals surface area contributed by atoms with Crippen LogP contribution in [0.4, 0.5) is 5.82 Å². The van der Waals surface area contributed by atoms with E-state index in [-0.39, 0.29) is 0 Å². The van der Waals surface area contributed by atoms with Crippen LogP contribution in [-0.4, -0.2) is 49.5 Å². The topological polar surface area (TPSA) is 88.1 Å². The number of rotatable bonds is 5. The van der Waals surface area contributed by atoms with E-state index < -0.39 is 10.0 Å². The first-order chi connectivity index (χ1) is 10.5. The van der Waals surface area contributed by atoms with E-state index in [1.165, 1.54) is 6.26 Å². The Kier molecular flexibility index (Phi) is 4.04. The van der Waals surface area contributed by atoms with Gasteiger partial charge < -0.3 is 4.90 Å². The van der Waals surface area contributed by atoms with Crippen LogP contribution in [-0.2, 0) is 10.0 Å². The van der Waals surface area contributed by atoms with E-state index in [1.54, 1.807) is 12.4 Å². The molecule has 1 aliphatic heterocycles. The molecular formula is C14H17N5O2S. The van der Waals surface area contributed by atoms with Gasteiger partial charge in [-0.3, -0.25) is 4.98 Å². The van der Waals surface area contributed by atoms with E-state index in [0.29, 0.717) is 12.5 Å². The normalized spacial score (nSPS) is 15.6. The number of pyridine rings is 1. The van der Waals surface area contributed by atoms with Gasteiger partial charge in [-0.25, -0.2) is 13.1 Å². The lowest BCUT2D eigenvalue weighted by molar-refractivity contribution is 0.402. The Morgan fingerprint density at radius 3 is 2.50 bits per heavy atom. The van der Waals surface area contributed by atoms with Crippen LogP contribution in [0.25, 0.3) is 11.3 Å². The van der Waals surface area contributed by atoms with Gasteiger partial charge >= 0.3 is 0 Å². The van der Waals surface area contributed by atoms with Crippen molar-refractivity contribution >= 4 is 15.8 Å². The maximum atomic E-state index is 11.0. The van der Waals surface area contributed by atoms with Crippen molar-refractivity contribution in [3.05, 3.63) is 36.7 Å². The SMILES string of the molecule is CS(=O)(=O)NCC1CN(c2ccc(-c3ccncc3)nn2)C1. The molecule has 0 atom stereocenters. The van der Waals surface area contributed by atoms with Crippen molar-refractivity contribution in [1.29, 1.82) is 0 Å². The molecule has 0 saturated carbocycles. The first kappa shape index (κ1) is 14.9. The Labute approximate surface area is 129 Å². The molecule has 22 heavy (non-hydrogen) atoms. The monoisotopic (exact) mass is 319 g/mol. The van der Waals surface area contributed by atoms with Gasteiger partial charge in [-0.2, -0.15) is 0 Å². The zero-order valence-corrected chi connectivity index (χ0v) is 13.0. The van der Waals surface area contributed by atoms with Crippen LogP contribution in [0.3, 0.4) is 0 Å². The van der Waals surface area contributed by atoms with Crippen molar-refractivity contribution < 1.29 is 8.42 Å². The van der Waals surface area contributed by atoms with Crippen LogP contribution < -0.4 is 9.62 Å². The molecule has 2 aromatic rings. The average molecular weight is 319 g/mol. The smallest absolute Gasteiger partial charge is 0.208 e. The molecule has 0 aromatic carbocycles. The van der Waals surface area contributed by atoms with Gasteiger partial charge in [-0.05, 0) is 24.3 Å². The first-order valence-corrected chi connectivity index (χ1v) is 8.84. The molecule has 0 spiro atoms. The predicted molar refractivity (Wildman–Crippen MR) is 83.8 cm³/mol. The molecule has 3 heterocycles. The number of sulfonamides is 1. The zero-order valence-electron chi connectivity index (χ0n) is 12.2. The largest absolute Gasteiger partial charge is 0.354 e. The van der Waals surface area contributed by atoms with E-state index in [1.807, 2.05) is 24.3 Å². The Bertz CT molecular complexity index is 728. The summed E-state index contributed by atoms with van der Waals surface area (Å²) >= 11 is 0. The van der Waals surface area contributed by atoms with Crippen molar-refractivity contribution in [3.8, 4) is 11.3 Å². The van der Waals surface area contributed by atoms with E-state index in [9.17, 15) is 8.42 Å². The van der Waals surface area contributed by atoms with Crippen LogP contribution in [0, 0.1) is 5.92 Å². The lowest BCUT2D eigenvalue weighted by Crippen LogP contribution is -2.51. The van der Waals surface area contributed by atoms with Crippen molar-refractivity contribution in [3.63, 3.8) is 0 Å². The Balaban J connectivity index is 1.57. The lowest BCUT2D eigenvalue weighted by Gasteiger charge is -2.39. The molecule has 0 aliphatic carbocycles. The van der Waals surface area contributed by atoms with Crippen LogP contribution in [0.1, 0.15) is 0 Å². The van der Waals surface area contributed by atoms with Crippen LogP contribution in [0.2, 0.25) is 0 Å². The summed E-state index contributed by atoms with van der Waals surface area (Å²) in [7, 11) is -3.12. The molecule has 7 nitrogen and oxygen atoms in total. The summed E-state index contributed by atoms with van der Waals surface area (Å²) in [6.07, 6.45) is 4.62. The number of aromatic nitrogens is 3. The minimum atomic E-state index is -3.12. The second-order valence-electron chi connectivity index (χ2n) is 5.40. The molecule has 1 aliphatic rings. The second kappa shape index (κ2) is 5.98. The molecular weight excluding hydrogens is 302 g/mol. The Hall–Kier alpha value is -2.06. The van der Waals surface area contributed by atoms with Gasteiger partial charge in [0.1, 0.15) is 0 Å². The minimum absolute atomic E-state index is 0.316. The summed E-state index contributed by atoms with van der Waals surface area (Å²) in [5.74, 6) is 1.13. The quantitative estimate of drug-likeness (QED) is 0.864. The third-order valence-corrected chi connectivity index (χ3v) is 4.23. The Morgan fingerprint density at radius 1 is 1.18 bits per heavy atom. The highest BCUT2D eigenvalue weighted by molar-refractivity contribution is 7.88. The minimum Gasteiger partial charge on any atom is -0.354 e. The Morgan fingerprint density at radius 2 is 1.91 bits per heavy atom.